The Bertz CT molecular complexity index is 676. The van der Waals surface area contributed by atoms with Crippen LogP contribution in [0.2, 0.25) is 19.0 Å². The van der Waals surface area contributed by atoms with Crippen LogP contribution in [0.5, 0.6) is 0 Å². The normalized spacial score (nSPS) is 10.4. The Morgan fingerprint density at radius 1 is 1.25 bits per heavy atom. The minimum absolute atomic E-state index is 0.0100. The summed E-state index contributed by atoms with van der Waals surface area (Å²) < 4.78 is 0.563. The van der Waals surface area contributed by atoms with Crippen LogP contribution in [-0.2, 0) is 0 Å². The van der Waals surface area contributed by atoms with E-state index in [9.17, 15) is 4.79 Å². The molecule has 0 fully saturated rings. The van der Waals surface area contributed by atoms with Crippen LogP contribution in [0.1, 0.15) is 10.4 Å². The summed E-state index contributed by atoms with van der Waals surface area (Å²) in [6, 6.07) is 0. The van der Waals surface area contributed by atoms with Gasteiger partial charge in [-0.1, -0.05) is 34.8 Å². The van der Waals surface area contributed by atoms with E-state index >= 15 is 0 Å². The van der Waals surface area contributed by atoms with Crippen molar-refractivity contribution in [1.29, 1.82) is 0 Å². The molecule has 5 nitrogen and oxygen atoms in total. The SMILES string of the molecule is CNC(=O)c1c(Cl)sc(Cl)c1Nc1nc(Cl)ncc1Cl. The number of carbonyl (C=O) groups is 1. The van der Waals surface area contributed by atoms with Crippen LogP contribution < -0.4 is 10.6 Å². The van der Waals surface area contributed by atoms with Crippen molar-refractivity contribution in [3.8, 4) is 0 Å². The summed E-state index contributed by atoms with van der Waals surface area (Å²) in [5.41, 5.74) is 0.535. The van der Waals surface area contributed by atoms with Crippen LogP contribution in [-0.4, -0.2) is 22.9 Å². The maximum absolute atomic E-state index is 11.8. The van der Waals surface area contributed by atoms with Gasteiger partial charge >= 0.3 is 0 Å². The van der Waals surface area contributed by atoms with E-state index < -0.39 is 0 Å². The van der Waals surface area contributed by atoms with Gasteiger partial charge in [-0.25, -0.2) is 4.98 Å². The molecule has 0 aliphatic rings. The number of hydrogen-bond acceptors (Lipinski definition) is 5. The van der Waals surface area contributed by atoms with E-state index in [4.69, 9.17) is 46.4 Å². The Labute approximate surface area is 138 Å². The Morgan fingerprint density at radius 3 is 2.60 bits per heavy atom. The van der Waals surface area contributed by atoms with Gasteiger partial charge in [-0.05, 0) is 11.6 Å². The summed E-state index contributed by atoms with van der Waals surface area (Å²) in [7, 11) is 1.49. The zero-order valence-electron chi connectivity index (χ0n) is 9.80. The number of rotatable bonds is 3. The molecule has 106 valence electrons. The molecule has 2 rings (SSSR count). The molecular weight excluding hydrogens is 366 g/mol. The standard InChI is InChI=1S/C10H6Cl4N4OS/c1-15-9(19)4-5(7(13)20-6(4)12)17-8-3(11)2-16-10(14)18-8/h2H,1H3,(H,15,19)(H,16,17,18). The fourth-order valence-electron chi connectivity index (χ4n) is 1.37. The van der Waals surface area contributed by atoms with Crippen molar-refractivity contribution in [2.75, 3.05) is 12.4 Å². The second kappa shape index (κ2) is 6.32. The molecule has 0 aromatic carbocycles. The van der Waals surface area contributed by atoms with Gasteiger partial charge in [0.1, 0.15) is 13.7 Å². The number of halogens is 4. The van der Waals surface area contributed by atoms with Gasteiger partial charge in [0.25, 0.3) is 5.91 Å². The molecule has 0 saturated carbocycles. The van der Waals surface area contributed by atoms with Gasteiger partial charge in [-0.3, -0.25) is 4.79 Å². The summed E-state index contributed by atoms with van der Waals surface area (Å²) in [4.78, 5) is 19.5. The van der Waals surface area contributed by atoms with Crippen LogP contribution in [0.25, 0.3) is 0 Å². The molecule has 2 heterocycles. The van der Waals surface area contributed by atoms with Crippen molar-refractivity contribution in [3.05, 3.63) is 30.7 Å². The average Bonchev–Trinajstić information content (AvgIpc) is 2.68. The van der Waals surface area contributed by atoms with Crippen LogP contribution >= 0.6 is 57.7 Å². The van der Waals surface area contributed by atoms with Gasteiger partial charge in [0.2, 0.25) is 5.28 Å². The smallest absolute Gasteiger partial charge is 0.255 e. The first-order valence-corrected chi connectivity index (χ1v) is 7.41. The predicted molar refractivity (Wildman–Crippen MR) is 83.1 cm³/mol. The fourth-order valence-corrected chi connectivity index (χ4v) is 3.25. The number of thiophene rings is 1. The van der Waals surface area contributed by atoms with Gasteiger partial charge in [-0.2, -0.15) is 4.98 Å². The number of carbonyl (C=O) groups excluding carboxylic acids is 1. The molecule has 0 atom stereocenters. The zero-order chi connectivity index (χ0) is 14.9. The van der Waals surface area contributed by atoms with E-state index in [0.29, 0.717) is 10.0 Å². The highest BCUT2D eigenvalue weighted by atomic mass is 35.5. The topological polar surface area (TPSA) is 66.9 Å². The minimum Gasteiger partial charge on any atom is -0.355 e. The monoisotopic (exact) mass is 370 g/mol. The quantitative estimate of drug-likeness (QED) is 0.791. The van der Waals surface area contributed by atoms with E-state index in [1.165, 1.54) is 13.2 Å². The molecule has 2 aromatic rings. The molecule has 2 N–H and O–H groups in total. The molecule has 0 unspecified atom stereocenters. The van der Waals surface area contributed by atoms with Crippen LogP contribution in [0.3, 0.4) is 0 Å². The third kappa shape index (κ3) is 3.10. The van der Waals surface area contributed by atoms with Gasteiger partial charge in [0.15, 0.2) is 5.82 Å². The van der Waals surface area contributed by atoms with Crippen molar-refractivity contribution in [1.82, 2.24) is 15.3 Å². The Kier molecular flexibility index (Phi) is 4.93. The molecule has 20 heavy (non-hydrogen) atoms. The van der Waals surface area contributed by atoms with Gasteiger partial charge in [-0.15, -0.1) is 11.3 Å². The third-order valence-electron chi connectivity index (χ3n) is 2.23. The van der Waals surface area contributed by atoms with Gasteiger partial charge in [0.05, 0.1) is 17.4 Å². The molecule has 1 amide bonds. The Morgan fingerprint density at radius 2 is 1.95 bits per heavy atom. The second-order valence-corrected chi connectivity index (χ2v) is 6.41. The summed E-state index contributed by atoms with van der Waals surface area (Å²) in [5, 5.41) is 5.57. The lowest BCUT2D eigenvalue weighted by Gasteiger charge is -2.09. The number of hydrogen-bond donors (Lipinski definition) is 2. The first-order chi connectivity index (χ1) is 9.43. The molecule has 10 heteroatoms. The predicted octanol–water partition coefficient (Wildman–Crippen LogP) is 4.25. The maximum atomic E-state index is 11.8. The molecule has 2 aromatic heterocycles. The highest BCUT2D eigenvalue weighted by Crippen LogP contribution is 2.42. The largest absolute Gasteiger partial charge is 0.355 e. The zero-order valence-corrected chi connectivity index (χ0v) is 13.6. The highest BCUT2D eigenvalue weighted by Gasteiger charge is 2.22. The first-order valence-electron chi connectivity index (χ1n) is 5.09. The lowest BCUT2D eigenvalue weighted by molar-refractivity contribution is 0.0964. The molecule has 0 radical (unpaired) electrons. The number of nitrogens with zero attached hydrogens (tertiary/aromatic N) is 2. The van der Waals surface area contributed by atoms with Crippen molar-refractivity contribution in [2.45, 2.75) is 0 Å². The van der Waals surface area contributed by atoms with E-state index in [1.807, 2.05) is 0 Å². The first kappa shape index (κ1) is 15.6. The number of amides is 1. The summed E-state index contributed by atoms with van der Waals surface area (Å²) in [6.45, 7) is 0. The number of aromatic nitrogens is 2. The summed E-state index contributed by atoms with van der Waals surface area (Å²) in [5.74, 6) is -0.148. The fraction of sp³-hybridized carbons (Fsp3) is 0.100. The lowest BCUT2D eigenvalue weighted by atomic mass is 10.2. The van der Waals surface area contributed by atoms with Crippen molar-refractivity contribution < 1.29 is 4.79 Å². The third-order valence-corrected chi connectivity index (χ3v) is 4.30. The molecule has 0 bridgehead atoms. The van der Waals surface area contributed by atoms with Gasteiger partial charge in [0, 0.05) is 7.05 Å². The average molecular weight is 372 g/mol. The van der Waals surface area contributed by atoms with Crippen LogP contribution in [0.15, 0.2) is 6.20 Å². The van der Waals surface area contributed by atoms with Crippen molar-refractivity contribution >= 4 is 75.2 Å². The number of anilines is 2. The van der Waals surface area contributed by atoms with E-state index in [2.05, 4.69) is 20.6 Å². The summed E-state index contributed by atoms with van der Waals surface area (Å²) >= 11 is 24.8. The summed E-state index contributed by atoms with van der Waals surface area (Å²) in [6.07, 6.45) is 1.33. The molecule has 0 saturated heterocycles. The molecule has 0 aliphatic carbocycles. The van der Waals surface area contributed by atoms with Crippen LogP contribution in [0, 0.1) is 0 Å². The molecular formula is C10H6Cl4N4OS. The Hall–Kier alpha value is -0.790. The van der Waals surface area contributed by atoms with E-state index in [1.54, 1.807) is 0 Å². The highest BCUT2D eigenvalue weighted by molar-refractivity contribution is 7.21. The molecule has 0 aliphatic heterocycles. The van der Waals surface area contributed by atoms with Crippen molar-refractivity contribution in [3.63, 3.8) is 0 Å². The minimum atomic E-state index is -0.378. The van der Waals surface area contributed by atoms with Crippen molar-refractivity contribution in [2.24, 2.45) is 0 Å². The molecule has 0 spiro atoms. The second-order valence-electron chi connectivity index (χ2n) is 3.44. The number of nitrogens with one attached hydrogen (secondary N) is 2. The Balaban J connectivity index is 2.48. The maximum Gasteiger partial charge on any atom is 0.255 e. The lowest BCUT2D eigenvalue weighted by Crippen LogP contribution is -2.18. The van der Waals surface area contributed by atoms with Crippen LogP contribution in [0.4, 0.5) is 11.5 Å². The van der Waals surface area contributed by atoms with E-state index in [0.717, 1.165) is 11.3 Å². The van der Waals surface area contributed by atoms with E-state index in [-0.39, 0.29) is 31.9 Å². The van der Waals surface area contributed by atoms with Gasteiger partial charge < -0.3 is 10.6 Å².